The minimum atomic E-state index is -0.174. The molecule has 1 aromatic rings. The summed E-state index contributed by atoms with van der Waals surface area (Å²) in [6.07, 6.45) is 2.17. The summed E-state index contributed by atoms with van der Waals surface area (Å²) in [4.78, 5) is 0. The fraction of sp³-hybridized carbons (Fsp3) is 0.571. The van der Waals surface area contributed by atoms with Crippen LogP contribution in [-0.2, 0) is 6.42 Å². The van der Waals surface area contributed by atoms with Gasteiger partial charge in [-0.05, 0) is 43.5 Å². The Labute approximate surface area is 98.6 Å². The van der Waals surface area contributed by atoms with E-state index < -0.39 is 0 Å². The number of halogens is 1. The molecule has 0 saturated heterocycles. The molecule has 1 atom stereocenters. The van der Waals surface area contributed by atoms with E-state index in [0.717, 1.165) is 24.2 Å². The van der Waals surface area contributed by atoms with E-state index in [1.54, 1.807) is 12.1 Å². The summed E-state index contributed by atoms with van der Waals surface area (Å²) in [5.41, 5.74) is 0.994. The molecule has 1 aliphatic heterocycles. The van der Waals surface area contributed by atoms with Crippen molar-refractivity contribution in [3.05, 3.63) is 29.6 Å². The van der Waals surface area contributed by atoms with Crippen LogP contribution in [0.5, 0.6) is 5.75 Å². The summed E-state index contributed by atoms with van der Waals surface area (Å²) in [5.74, 6) is 0.669. The van der Waals surface area contributed by atoms with Crippen molar-refractivity contribution >= 4 is 0 Å². The van der Waals surface area contributed by atoms with Gasteiger partial charge >= 0.3 is 0 Å². The number of rotatable bonds is 0. The lowest BCUT2D eigenvalue weighted by Crippen LogP contribution is -2.18. The number of ether oxygens (including phenoxy) is 1. The van der Waals surface area contributed by atoms with Gasteiger partial charge in [-0.15, -0.1) is 0 Å². The molecule has 16 heavy (non-hydrogen) atoms. The van der Waals surface area contributed by atoms with E-state index in [2.05, 4.69) is 0 Å². The normalized spacial score (nSPS) is 16.8. The first-order valence-electron chi connectivity index (χ1n) is 6.21. The predicted octanol–water partition coefficient (Wildman–Crippen LogP) is 4.59. The van der Waals surface area contributed by atoms with E-state index in [4.69, 9.17) is 4.74 Å². The molecule has 0 aromatic heterocycles. The van der Waals surface area contributed by atoms with Crippen molar-refractivity contribution in [2.75, 3.05) is 0 Å². The first kappa shape index (κ1) is 14.9. The zero-order chi connectivity index (χ0) is 12.6. The lowest BCUT2D eigenvalue weighted by Gasteiger charge is -2.22. The highest BCUT2D eigenvalue weighted by Crippen LogP contribution is 2.27. The molecule has 0 spiro atoms. The van der Waals surface area contributed by atoms with E-state index >= 15 is 0 Å². The van der Waals surface area contributed by atoms with Crippen molar-refractivity contribution in [3.8, 4) is 5.75 Å². The van der Waals surface area contributed by atoms with Gasteiger partial charge < -0.3 is 4.74 Å². The lowest BCUT2D eigenvalue weighted by atomic mass is 10.0. The van der Waals surface area contributed by atoms with Crippen molar-refractivity contribution in [2.24, 2.45) is 0 Å². The van der Waals surface area contributed by atoms with E-state index in [1.165, 1.54) is 6.07 Å². The monoisotopic (exact) mass is 226 g/mol. The first-order valence-corrected chi connectivity index (χ1v) is 6.21. The fourth-order valence-corrected chi connectivity index (χ4v) is 1.49. The maximum atomic E-state index is 12.7. The van der Waals surface area contributed by atoms with Gasteiger partial charge in [-0.3, -0.25) is 0 Å². The van der Waals surface area contributed by atoms with Crippen LogP contribution in [0, 0.1) is 5.82 Å². The molecular weight excluding hydrogens is 203 g/mol. The molecule has 1 heterocycles. The molecule has 0 saturated carbocycles. The van der Waals surface area contributed by atoms with Gasteiger partial charge in [-0.2, -0.15) is 0 Å². The Morgan fingerprint density at radius 3 is 2.44 bits per heavy atom. The first-order chi connectivity index (χ1) is 7.75. The van der Waals surface area contributed by atoms with Crippen molar-refractivity contribution in [1.29, 1.82) is 0 Å². The van der Waals surface area contributed by atoms with Gasteiger partial charge in [-0.25, -0.2) is 4.39 Å². The molecule has 2 rings (SSSR count). The Hall–Kier alpha value is -1.05. The highest BCUT2D eigenvalue weighted by molar-refractivity contribution is 5.35. The molecule has 0 aliphatic carbocycles. The van der Waals surface area contributed by atoms with Crippen LogP contribution in [0.2, 0.25) is 0 Å². The molecule has 0 N–H and O–H groups in total. The van der Waals surface area contributed by atoms with E-state index in [9.17, 15) is 4.39 Å². The lowest BCUT2D eigenvalue weighted by molar-refractivity contribution is 0.192. The van der Waals surface area contributed by atoms with Crippen LogP contribution in [0.4, 0.5) is 4.39 Å². The molecule has 0 bridgehead atoms. The zero-order valence-corrected chi connectivity index (χ0v) is 11.0. The van der Waals surface area contributed by atoms with E-state index in [1.807, 2.05) is 34.6 Å². The Morgan fingerprint density at radius 2 is 1.81 bits per heavy atom. The largest absolute Gasteiger partial charge is 0.490 e. The maximum Gasteiger partial charge on any atom is 0.123 e. The van der Waals surface area contributed by atoms with Crippen molar-refractivity contribution in [2.45, 2.75) is 53.6 Å². The molecule has 1 unspecified atom stereocenters. The van der Waals surface area contributed by atoms with Crippen LogP contribution in [-0.4, -0.2) is 6.10 Å². The van der Waals surface area contributed by atoms with E-state index in [0.29, 0.717) is 0 Å². The van der Waals surface area contributed by atoms with Crippen LogP contribution in [0.15, 0.2) is 18.2 Å². The van der Waals surface area contributed by atoms with Crippen molar-refractivity contribution in [3.63, 3.8) is 0 Å². The molecule has 2 heteroatoms. The molecule has 0 fully saturated rings. The van der Waals surface area contributed by atoms with Crippen LogP contribution in [0.25, 0.3) is 0 Å². The molecule has 1 aliphatic rings. The number of hydrogen-bond acceptors (Lipinski definition) is 1. The van der Waals surface area contributed by atoms with Gasteiger partial charge in [-0.1, -0.05) is 27.7 Å². The average Bonchev–Trinajstić information content (AvgIpc) is 2.35. The predicted molar refractivity (Wildman–Crippen MR) is 67.5 cm³/mol. The molecule has 0 amide bonds. The molecular formula is C14H23FO. The van der Waals surface area contributed by atoms with Crippen molar-refractivity contribution < 1.29 is 9.13 Å². The quantitative estimate of drug-likeness (QED) is 0.628. The highest BCUT2D eigenvalue weighted by atomic mass is 19.1. The summed E-state index contributed by atoms with van der Waals surface area (Å²) < 4.78 is 18.3. The Balaban J connectivity index is 0.000000509. The summed E-state index contributed by atoms with van der Waals surface area (Å²) >= 11 is 0. The minimum Gasteiger partial charge on any atom is -0.490 e. The Morgan fingerprint density at radius 1 is 1.19 bits per heavy atom. The van der Waals surface area contributed by atoms with Gasteiger partial charge in [0.1, 0.15) is 11.6 Å². The van der Waals surface area contributed by atoms with Crippen LogP contribution in [0.3, 0.4) is 0 Å². The molecule has 0 radical (unpaired) electrons. The van der Waals surface area contributed by atoms with E-state index in [-0.39, 0.29) is 11.9 Å². The van der Waals surface area contributed by atoms with Gasteiger partial charge in [0.15, 0.2) is 0 Å². The number of benzene rings is 1. The summed E-state index contributed by atoms with van der Waals surface area (Å²) in [5, 5.41) is 0. The smallest absolute Gasteiger partial charge is 0.123 e. The van der Waals surface area contributed by atoms with Crippen LogP contribution < -0.4 is 4.74 Å². The third-order valence-corrected chi connectivity index (χ3v) is 2.17. The van der Waals surface area contributed by atoms with Crippen LogP contribution >= 0.6 is 0 Å². The third-order valence-electron chi connectivity index (χ3n) is 2.17. The zero-order valence-electron chi connectivity index (χ0n) is 11.0. The molecule has 92 valence electrons. The Bertz CT molecular complexity index is 297. The number of fused-ring (bicyclic) bond motifs is 1. The summed E-state index contributed by atoms with van der Waals surface area (Å²) in [6.45, 7) is 10.0. The van der Waals surface area contributed by atoms with Gasteiger partial charge in [0.2, 0.25) is 0 Å². The summed E-state index contributed by atoms with van der Waals surface area (Å²) in [6, 6.07) is 4.71. The molecule has 1 nitrogen and oxygen atoms in total. The second kappa shape index (κ2) is 8.14. The number of aryl methyl sites for hydroxylation is 1. The second-order valence-electron chi connectivity index (χ2n) is 3.22. The molecule has 1 aromatic carbocycles. The third kappa shape index (κ3) is 4.21. The number of hydrogen-bond donors (Lipinski definition) is 0. The average molecular weight is 226 g/mol. The maximum absolute atomic E-state index is 12.7. The minimum absolute atomic E-state index is 0.174. The van der Waals surface area contributed by atoms with Crippen LogP contribution in [0.1, 0.15) is 46.6 Å². The van der Waals surface area contributed by atoms with Crippen molar-refractivity contribution in [1.82, 2.24) is 0 Å². The standard InChI is InChI=1S/C10H11FO.2C2H6/c1-7-2-3-8-6-9(11)4-5-10(8)12-7;2*1-2/h4-7H,2-3H2,1H3;2*1-2H3. The Kier molecular flexibility index (Phi) is 7.61. The fourth-order valence-electron chi connectivity index (χ4n) is 1.49. The highest BCUT2D eigenvalue weighted by Gasteiger charge is 2.15. The second-order valence-corrected chi connectivity index (χ2v) is 3.22. The van der Waals surface area contributed by atoms with Gasteiger partial charge in [0, 0.05) is 0 Å². The summed E-state index contributed by atoms with van der Waals surface area (Å²) in [7, 11) is 0. The van der Waals surface area contributed by atoms with Gasteiger partial charge in [0.05, 0.1) is 6.10 Å². The topological polar surface area (TPSA) is 9.23 Å². The SMILES string of the molecule is CC.CC.CC1CCc2cc(F)ccc2O1. The van der Waals surface area contributed by atoms with Gasteiger partial charge in [0.25, 0.3) is 0 Å².